The molecule has 0 aromatic heterocycles. The van der Waals surface area contributed by atoms with E-state index in [2.05, 4.69) is 12.2 Å². The Balaban J connectivity index is 1.48. The van der Waals surface area contributed by atoms with Crippen LogP contribution in [-0.2, 0) is 4.74 Å². The van der Waals surface area contributed by atoms with E-state index in [4.69, 9.17) is 4.74 Å². The standard InChI is InChI=1S/C13H25NO/c1-2-15-7-3-6-14-10-13-9-11-4-5-12(13)8-11/h11-14H,2-10H2,1H3. The smallest absolute Gasteiger partial charge is 0.0477 e. The molecule has 3 unspecified atom stereocenters. The van der Waals surface area contributed by atoms with Crippen LogP contribution in [0.1, 0.15) is 39.0 Å². The normalized spacial score (nSPS) is 33.8. The molecule has 0 spiro atoms. The third kappa shape index (κ3) is 3.18. The van der Waals surface area contributed by atoms with Gasteiger partial charge in [-0.05, 0) is 63.5 Å². The van der Waals surface area contributed by atoms with E-state index in [0.29, 0.717) is 0 Å². The van der Waals surface area contributed by atoms with Crippen molar-refractivity contribution in [2.75, 3.05) is 26.3 Å². The van der Waals surface area contributed by atoms with Gasteiger partial charge in [0.25, 0.3) is 0 Å². The third-order valence-corrected chi connectivity index (χ3v) is 4.14. The van der Waals surface area contributed by atoms with Crippen molar-refractivity contribution in [3.05, 3.63) is 0 Å². The average molecular weight is 211 g/mol. The van der Waals surface area contributed by atoms with Crippen molar-refractivity contribution in [1.29, 1.82) is 0 Å². The Kier molecular flexibility index (Phi) is 4.45. The Morgan fingerprint density at radius 2 is 2.20 bits per heavy atom. The van der Waals surface area contributed by atoms with Crippen molar-refractivity contribution >= 4 is 0 Å². The van der Waals surface area contributed by atoms with Crippen LogP contribution in [-0.4, -0.2) is 26.3 Å². The Labute approximate surface area is 93.8 Å². The van der Waals surface area contributed by atoms with Crippen molar-refractivity contribution in [1.82, 2.24) is 5.32 Å². The molecule has 2 rings (SSSR count). The van der Waals surface area contributed by atoms with Gasteiger partial charge in [-0.1, -0.05) is 6.42 Å². The minimum atomic E-state index is 0.854. The highest BCUT2D eigenvalue weighted by Gasteiger charge is 2.38. The van der Waals surface area contributed by atoms with Gasteiger partial charge in [-0.25, -0.2) is 0 Å². The maximum absolute atomic E-state index is 5.31. The number of hydrogen-bond donors (Lipinski definition) is 1. The van der Waals surface area contributed by atoms with Gasteiger partial charge >= 0.3 is 0 Å². The Hall–Kier alpha value is -0.0800. The van der Waals surface area contributed by atoms with Gasteiger partial charge < -0.3 is 10.1 Å². The fourth-order valence-corrected chi connectivity index (χ4v) is 3.36. The van der Waals surface area contributed by atoms with E-state index in [9.17, 15) is 0 Å². The molecule has 0 aromatic carbocycles. The van der Waals surface area contributed by atoms with Crippen LogP contribution in [0, 0.1) is 17.8 Å². The molecule has 0 saturated heterocycles. The molecule has 3 atom stereocenters. The Morgan fingerprint density at radius 1 is 1.27 bits per heavy atom. The maximum Gasteiger partial charge on any atom is 0.0477 e. The summed E-state index contributed by atoms with van der Waals surface area (Å²) in [6, 6.07) is 0. The molecule has 0 heterocycles. The molecule has 2 saturated carbocycles. The predicted molar refractivity (Wildman–Crippen MR) is 62.9 cm³/mol. The molecular formula is C13H25NO. The van der Waals surface area contributed by atoms with Crippen molar-refractivity contribution in [3.63, 3.8) is 0 Å². The average Bonchev–Trinajstić information content (AvgIpc) is 2.85. The highest BCUT2D eigenvalue weighted by Crippen LogP contribution is 2.47. The van der Waals surface area contributed by atoms with E-state index in [1.54, 1.807) is 0 Å². The van der Waals surface area contributed by atoms with Gasteiger partial charge in [-0.15, -0.1) is 0 Å². The van der Waals surface area contributed by atoms with Crippen molar-refractivity contribution in [2.24, 2.45) is 17.8 Å². The lowest BCUT2D eigenvalue weighted by Crippen LogP contribution is -2.27. The summed E-state index contributed by atoms with van der Waals surface area (Å²) in [6.07, 6.45) is 7.23. The van der Waals surface area contributed by atoms with Gasteiger partial charge in [0, 0.05) is 13.2 Å². The Morgan fingerprint density at radius 3 is 2.87 bits per heavy atom. The molecule has 0 aromatic rings. The highest BCUT2D eigenvalue weighted by atomic mass is 16.5. The second kappa shape index (κ2) is 5.86. The number of hydrogen-bond acceptors (Lipinski definition) is 2. The lowest BCUT2D eigenvalue weighted by atomic mass is 9.89. The van der Waals surface area contributed by atoms with E-state index in [-0.39, 0.29) is 0 Å². The molecule has 2 aliphatic rings. The highest BCUT2D eigenvalue weighted by molar-refractivity contribution is 4.90. The Bertz CT molecular complexity index is 183. The molecule has 0 radical (unpaired) electrons. The monoisotopic (exact) mass is 211 g/mol. The number of nitrogens with one attached hydrogen (secondary N) is 1. The molecule has 88 valence electrons. The zero-order valence-electron chi connectivity index (χ0n) is 10.0. The SMILES string of the molecule is CCOCCCNCC1CC2CCC1C2. The summed E-state index contributed by atoms with van der Waals surface area (Å²) < 4.78 is 5.31. The van der Waals surface area contributed by atoms with Crippen LogP contribution in [0.4, 0.5) is 0 Å². The van der Waals surface area contributed by atoms with Crippen LogP contribution in [0.15, 0.2) is 0 Å². The molecule has 0 amide bonds. The topological polar surface area (TPSA) is 21.3 Å². The van der Waals surface area contributed by atoms with Crippen LogP contribution in [0.3, 0.4) is 0 Å². The first-order valence-electron chi connectivity index (χ1n) is 6.68. The molecule has 15 heavy (non-hydrogen) atoms. The first kappa shape index (κ1) is 11.4. The summed E-state index contributed by atoms with van der Waals surface area (Å²) in [6.45, 7) is 6.22. The second-order valence-corrected chi connectivity index (χ2v) is 5.19. The van der Waals surface area contributed by atoms with E-state index in [1.807, 2.05) is 0 Å². The molecule has 1 N–H and O–H groups in total. The van der Waals surface area contributed by atoms with Crippen molar-refractivity contribution in [3.8, 4) is 0 Å². The minimum absolute atomic E-state index is 0.854. The van der Waals surface area contributed by atoms with Gasteiger partial charge in [-0.3, -0.25) is 0 Å². The predicted octanol–water partition coefficient (Wildman–Crippen LogP) is 2.44. The second-order valence-electron chi connectivity index (χ2n) is 5.19. The van der Waals surface area contributed by atoms with E-state index < -0.39 is 0 Å². The van der Waals surface area contributed by atoms with Crippen LogP contribution in [0.5, 0.6) is 0 Å². The summed E-state index contributed by atoms with van der Waals surface area (Å²) in [5.74, 6) is 3.15. The molecule has 2 nitrogen and oxygen atoms in total. The fraction of sp³-hybridized carbons (Fsp3) is 1.00. The molecule has 0 aliphatic heterocycles. The number of fused-ring (bicyclic) bond motifs is 2. The van der Waals surface area contributed by atoms with Gasteiger partial charge in [0.1, 0.15) is 0 Å². The quantitative estimate of drug-likeness (QED) is 0.653. The zero-order chi connectivity index (χ0) is 10.5. The first-order valence-corrected chi connectivity index (χ1v) is 6.68. The molecule has 2 fully saturated rings. The molecule has 2 bridgehead atoms. The summed E-state index contributed by atoms with van der Waals surface area (Å²) in [4.78, 5) is 0. The maximum atomic E-state index is 5.31. The lowest BCUT2D eigenvalue weighted by molar-refractivity contribution is 0.144. The number of ether oxygens (including phenoxy) is 1. The summed E-state index contributed by atoms with van der Waals surface area (Å²) in [7, 11) is 0. The van der Waals surface area contributed by atoms with Crippen LogP contribution in [0.25, 0.3) is 0 Å². The van der Waals surface area contributed by atoms with Crippen LogP contribution < -0.4 is 5.32 Å². The van der Waals surface area contributed by atoms with Gasteiger partial charge in [0.15, 0.2) is 0 Å². The number of rotatable bonds is 7. The largest absolute Gasteiger partial charge is 0.382 e. The zero-order valence-corrected chi connectivity index (χ0v) is 10.0. The van der Waals surface area contributed by atoms with E-state index in [1.165, 1.54) is 32.2 Å². The third-order valence-electron chi connectivity index (χ3n) is 4.14. The lowest BCUT2D eigenvalue weighted by Gasteiger charge is -2.21. The van der Waals surface area contributed by atoms with Gasteiger partial charge in [0.05, 0.1) is 0 Å². The first-order chi connectivity index (χ1) is 7.40. The molecule has 2 aliphatic carbocycles. The van der Waals surface area contributed by atoms with Crippen LogP contribution >= 0.6 is 0 Å². The van der Waals surface area contributed by atoms with Crippen LogP contribution in [0.2, 0.25) is 0 Å². The summed E-state index contributed by atoms with van der Waals surface area (Å²) in [5.41, 5.74) is 0. The van der Waals surface area contributed by atoms with Crippen molar-refractivity contribution < 1.29 is 4.74 Å². The molecule has 2 heteroatoms. The summed E-state index contributed by atoms with van der Waals surface area (Å²) in [5, 5.41) is 3.59. The summed E-state index contributed by atoms with van der Waals surface area (Å²) >= 11 is 0. The van der Waals surface area contributed by atoms with E-state index >= 15 is 0 Å². The van der Waals surface area contributed by atoms with Gasteiger partial charge in [-0.2, -0.15) is 0 Å². The van der Waals surface area contributed by atoms with Gasteiger partial charge in [0.2, 0.25) is 0 Å². The van der Waals surface area contributed by atoms with E-state index in [0.717, 1.165) is 43.9 Å². The molecular weight excluding hydrogens is 186 g/mol. The van der Waals surface area contributed by atoms with Crippen molar-refractivity contribution in [2.45, 2.75) is 39.0 Å². The minimum Gasteiger partial charge on any atom is -0.382 e. The fourth-order valence-electron chi connectivity index (χ4n) is 3.36.